The van der Waals surface area contributed by atoms with Crippen molar-refractivity contribution in [3.63, 3.8) is 0 Å². The molecule has 2 saturated heterocycles. The van der Waals surface area contributed by atoms with Gasteiger partial charge >= 0.3 is 5.97 Å². The molecule has 8 heteroatoms. The first kappa shape index (κ1) is 17.3. The molecule has 0 radical (unpaired) electrons. The first-order chi connectivity index (χ1) is 11.9. The second-order valence-corrected chi connectivity index (χ2v) is 6.26. The number of morpholine rings is 1. The first-order valence-electron chi connectivity index (χ1n) is 8.09. The van der Waals surface area contributed by atoms with Gasteiger partial charge < -0.3 is 19.6 Å². The SMILES string of the molecule is O=C(O)CCC(=O)N1CC2OCC(=O)N(Cc3ccc(F)cc3)C2C1. The summed E-state index contributed by atoms with van der Waals surface area (Å²) >= 11 is 0. The van der Waals surface area contributed by atoms with Crippen LogP contribution in [0.25, 0.3) is 0 Å². The molecule has 7 nitrogen and oxygen atoms in total. The lowest BCUT2D eigenvalue weighted by atomic mass is 10.1. The number of benzene rings is 1. The molecule has 0 bridgehead atoms. The summed E-state index contributed by atoms with van der Waals surface area (Å²) in [4.78, 5) is 38.2. The number of rotatable bonds is 5. The highest BCUT2D eigenvalue weighted by Crippen LogP contribution is 2.26. The van der Waals surface area contributed by atoms with Crippen LogP contribution in [0.4, 0.5) is 4.39 Å². The summed E-state index contributed by atoms with van der Waals surface area (Å²) in [6.07, 6.45) is -0.573. The maximum absolute atomic E-state index is 13.0. The number of carboxylic acid groups (broad SMARTS) is 1. The van der Waals surface area contributed by atoms with E-state index in [4.69, 9.17) is 9.84 Å². The number of hydrogen-bond donors (Lipinski definition) is 1. The molecule has 1 aromatic carbocycles. The molecule has 1 aromatic rings. The lowest BCUT2D eigenvalue weighted by molar-refractivity contribution is -0.153. The number of carbonyl (C=O) groups is 3. The molecular formula is C17H19FN2O5. The average molecular weight is 350 g/mol. The third-order valence-electron chi connectivity index (χ3n) is 4.55. The van der Waals surface area contributed by atoms with Crippen LogP contribution in [0.5, 0.6) is 0 Å². The van der Waals surface area contributed by atoms with Crippen LogP contribution in [-0.4, -0.2) is 64.5 Å². The largest absolute Gasteiger partial charge is 0.481 e. The zero-order chi connectivity index (χ0) is 18.0. The van der Waals surface area contributed by atoms with Crippen LogP contribution in [0.15, 0.2) is 24.3 Å². The van der Waals surface area contributed by atoms with E-state index in [1.807, 2.05) is 0 Å². The Morgan fingerprint density at radius 3 is 2.60 bits per heavy atom. The van der Waals surface area contributed by atoms with Crippen LogP contribution < -0.4 is 0 Å². The summed E-state index contributed by atoms with van der Waals surface area (Å²) < 4.78 is 18.6. The predicted octanol–water partition coefficient (Wildman–Crippen LogP) is 0.629. The number of carbonyl (C=O) groups excluding carboxylic acids is 2. The van der Waals surface area contributed by atoms with Gasteiger partial charge in [0.2, 0.25) is 11.8 Å². The van der Waals surface area contributed by atoms with Crippen LogP contribution in [0.2, 0.25) is 0 Å². The molecule has 2 atom stereocenters. The van der Waals surface area contributed by atoms with Gasteiger partial charge in [-0.25, -0.2) is 4.39 Å². The van der Waals surface area contributed by atoms with E-state index in [1.54, 1.807) is 21.9 Å². The van der Waals surface area contributed by atoms with Gasteiger partial charge in [0.05, 0.1) is 18.6 Å². The molecule has 0 aromatic heterocycles. The first-order valence-corrected chi connectivity index (χ1v) is 8.09. The Kier molecular flexibility index (Phi) is 4.98. The Morgan fingerprint density at radius 2 is 1.92 bits per heavy atom. The Labute approximate surface area is 144 Å². The molecule has 1 N–H and O–H groups in total. The standard InChI is InChI=1S/C17H19FN2O5/c18-12-3-1-11(2-4-12)7-20-13-8-19(15(21)5-6-17(23)24)9-14(13)25-10-16(20)22/h1-4,13-14H,5-10H2,(H,23,24). The lowest BCUT2D eigenvalue weighted by Crippen LogP contribution is -2.53. The van der Waals surface area contributed by atoms with Gasteiger partial charge in [-0.1, -0.05) is 12.1 Å². The maximum Gasteiger partial charge on any atom is 0.303 e. The number of amides is 2. The van der Waals surface area contributed by atoms with E-state index in [0.29, 0.717) is 19.6 Å². The van der Waals surface area contributed by atoms with E-state index < -0.39 is 5.97 Å². The quantitative estimate of drug-likeness (QED) is 0.842. The normalized spacial score (nSPS) is 22.8. The zero-order valence-electron chi connectivity index (χ0n) is 13.6. The van der Waals surface area contributed by atoms with E-state index in [9.17, 15) is 18.8 Å². The van der Waals surface area contributed by atoms with E-state index in [2.05, 4.69) is 0 Å². The molecular weight excluding hydrogens is 331 g/mol. The molecule has 0 spiro atoms. The summed E-state index contributed by atoms with van der Waals surface area (Å²) in [6, 6.07) is 5.65. The molecule has 2 aliphatic heterocycles. The zero-order valence-corrected chi connectivity index (χ0v) is 13.6. The van der Waals surface area contributed by atoms with E-state index >= 15 is 0 Å². The van der Waals surface area contributed by atoms with Gasteiger partial charge in [-0.3, -0.25) is 14.4 Å². The van der Waals surface area contributed by atoms with Crippen LogP contribution in [-0.2, 0) is 25.7 Å². The average Bonchev–Trinajstić information content (AvgIpc) is 3.01. The van der Waals surface area contributed by atoms with Gasteiger partial charge in [0.1, 0.15) is 12.4 Å². The summed E-state index contributed by atoms with van der Waals surface area (Å²) in [7, 11) is 0. The number of hydrogen-bond acceptors (Lipinski definition) is 4. The minimum atomic E-state index is -1.02. The fourth-order valence-electron chi connectivity index (χ4n) is 3.23. The molecule has 2 amide bonds. The van der Waals surface area contributed by atoms with Crippen molar-refractivity contribution in [2.75, 3.05) is 19.7 Å². The van der Waals surface area contributed by atoms with Gasteiger partial charge in [0.25, 0.3) is 0 Å². The summed E-state index contributed by atoms with van der Waals surface area (Å²) in [5, 5.41) is 8.70. The van der Waals surface area contributed by atoms with Crippen LogP contribution in [0.1, 0.15) is 18.4 Å². The maximum atomic E-state index is 13.0. The Morgan fingerprint density at radius 1 is 1.20 bits per heavy atom. The Balaban J connectivity index is 1.67. The molecule has 0 saturated carbocycles. The smallest absolute Gasteiger partial charge is 0.303 e. The summed E-state index contributed by atoms with van der Waals surface area (Å²) in [6.45, 7) is 0.923. The molecule has 2 unspecified atom stereocenters. The van der Waals surface area contributed by atoms with E-state index in [1.165, 1.54) is 12.1 Å². The molecule has 2 fully saturated rings. The molecule has 134 valence electrons. The summed E-state index contributed by atoms with van der Waals surface area (Å²) in [5.41, 5.74) is 0.797. The van der Waals surface area contributed by atoms with Gasteiger partial charge in [-0.2, -0.15) is 0 Å². The number of fused-ring (bicyclic) bond motifs is 1. The molecule has 25 heavy (non-hydrogen) atoms. The lowest BCUT2D eigenvalue weighted by Gasteiger charge is -2.36. The number of halogens is 1. The van der Waals surface area contributed by atoms with Crippen molar-refractivity contribution in [3.8, 4) is 0 Å². The highest BCUT2D eigenvalue weighted by molar-refractivity contribution is 5.82. The van der Waals surface area contributed by atoms with Crippen LogP contribution >= 0.6 is 0 Å². The van der Waals surface area contributed by atoms with Crippen LogP contribution in [0, 0.1) is 5.82 Å². The van der Waals surface area contributed by atoms with Gasteiger partial charge in [-0.05, 0) is 17.7 Å². The third-order valence-corrected chi connectivity index (χ3v) is 4.55. The topological polar surface area (TPSA) is 87.1 Å². The Hall–Kier alpha value is -2.48. The highest BCUT2D eigenvalue weighted by atomic mass is 19.1. The summed E-state index contributed by atoms with van der Waals surface area (Å²) in [5.74, 6) is -1.79. The monoisotopic (exact) mass is 350 g/mol. The van der Waals surface area contributed by atoms with Crippen molar-refractivity contribution in [1.82, 2.24) is 9.80 Å². The number of carboxylic acids is 1. The van der Waals surface area contributed by atoms with Crippen molar-refractivity contribution < 1.29 is 28.6 Å². The van der Waals surface area contributed by atoms with Crippen molar-refractivity contribution in [1.29, 1.82) is 0 Å². The molecule has 0 aliphatic carbocycles. The molecule has 2 heterocycles. The number of likely N-dealkylation sites (tertiary alicyclic amines) is 1. The fourth-order valence-corrected chi connectivity index (χ4v) is 3.23. The van der Waals surface area contributed by atoms with E-state index in [-0.39, 0.29) is 49.2 Å². The Bertz CT molecular complexity index is 678. The fraction of sp³-hybridized carbons (Fsp3) is 0.471. The van der Waals surface area contributed by atoms with Gasteiger partial charge in [0.15, 0.2) is 0 Å². The van der Waals surface area contributed by atoms with Gasteiger partial charge in [0, 0.05) is 26.1 Å². The minimum absolute atomic E-state index is 0.0560. The van der Waals surface area contributed by atoms with Crippen molar-refractivity contribution in [2.45, 2.75) is 31.5 Å². The van der Waals surface area contributed by atoms with Crippen molar-refractivity contribution in [3.05, 3.63) is 35.6 Å². The molecule has 3 rings (SSSR count). The number of aliphatic carboxylic acids is 1. The third kappa shape index (κ3) is 3.96. The second kappa shape index (κ2) is 7.18. The van der Waals surface area contributed by atoms with Crippen molar-refractivity contribution >= 4 is 17.8 Å². The number of ether oxygens (including phenoxy) is 1. The second-order valence-electron chi connectivity index (χ2n) is 6.26. The van der Waals surface area contributed by atoms with Gasteiger partial charge in [-0.15, -0.1) is 0 Å². The molecule has 2 aliphatic rings. The highest BCUT2D eigenvalue weighted by Gasteiger charge is 2.44. The minimum Gasteiger partial charge on any atom is -0.481 e. The van der Waals surface area contributed by atoms with E-state index in [0.717, 1.165) is 5.56 Å². The predicted molar refractivity (Wildman–Crippen MR) is 83.9 cm³/mol. The van der Waals surface area contributed by atoms with Crippen LogP contribution in [0.3, 0.4) is 0 Å². The number of nitrogens with zero attached hydrogens (tertiary/aromatic N) is 2. The van der Waals surface area contributed by atoms with Crippen molar-refractivity contribution in [2.24, 2.45) is 0 Å².